The highest BCUT2D eigenvalue weighted by Crippen LogP contribution is 2.42. The topological polar surface area (TPSA) is 51.4 Å². The zero-order chi connectivity index (χ0) is 42.3. The molecular formula is C56H41B2N3O2. The van der Waals surface area contributed by atoms with Crippen LogP contribution in [0.15, 0.2) is 180 Å². The molecule has 2 aliphatic rings. The molecule has 0 saturated carbocycles. The highest BCUT2D eigenvalue weighted by Gasteiger charge is 2.43. The highest BCUT2D eigenvalue weighted by atomic mass is 16.5. The maximum Gasteiger partial charge on any atom is 0.245 e. The fraction of sp³-hybridized carbons (Fsp3) is 0.0714. The van der Waals surface area contributed by atoms with Gasteiger partial charge in [0.2, 0.25) is 13.4 Å². The Hall–Kier alpha value is -7.63. The average molecular weight is 810 g/mol. The van der Waals surface area contributed by atoms with Crippen LogP contribution in [0.4, 0.5) is 17.3 Å². The first-order valence-electron chi connectivity index (χ1n) is 21.7. The molecule has 0 N–H and O–H groups in total. The lowest BCUT2D eigenvalue weighted by atomic mass is 9.20. The number of hydrogen-bond acceptors (Lipinski definition) is 5. The third kappa shape index (κ3) is 5.95. The summed E-state index contributed by atoms with van der Waals surface area (Å²) in [5.74, 6) is 3.00. The Morgan fingerprint density at radius 3 is 1.76 bits per heavy atom. The molecule has 298 valence electrons. The maximum atomic E-state index is 7.55. The molecule has 0 saturated heterocycles. The molecule has 63 heavy (non-hydrogen) atoms. The molecule has 0 radical (unpaired) electrons. The maximum absolute atomic E-state index is 7.55. The molecule has 10 aromatic rings. The quantitative estimate of drug-likeness (QED) is 0.167. The normalized spacial score (nSPS) is 12.8. The molecule has 7 aromatic carbocycles. The van der Waals surface area contributed by atoms with Gasteiger partial charge in [-0.1, -0.05) is 165 Å². The van der Waals surface area contributed by atoms with Crippen molar-refractivity contribution in [1.29, 1.82) is 0 Å². The smallest absolute Gasteiger partial charge is 0.245 e. The monoisotopic (exact) mass is 809 g/mol. The van der Waals surface area contributed by atoms with E-state index in [2.05, 4.69) is 184 Å². The third-order valence-corrected chi connectivity index (χ3v) is 13.2. The molecule has 7 heteroatoms. The van der Waals surface area contributed by atoms with Gasteiger partial charge in [-0.05, 0) is 93.8 Å². The average Bonchev–Trinajstić information content (AvgIpc) is 3.68. The minimum Gasteiger partial charge on any atom is -0.458 e. The zero-order valence-electron chi connectivity index (χ0n) is 35.6. The summed E-state index contributed by atoms with van der Waals surface area (Å²) in [6.07, 6.45) is 0. The van der Waals surface area contributed by atoms with E-state index >= 15 is 0 Å². The molecule has 2 aliphatic heterocycles. The van der Waals surface area contributed by atoms with Crippen LogP contribution in [0.1, 0.15) is 22.3 Å². The predicted molar refractivity (Wildman–Crippen MR) is 263 cm³/mol. The van der Waals surface area contributed by atoms with Crippen LogP contribution in [-0.2, 0) is 0 Å². The number of furan rings is 1. The van der Waals surface area contributed by atoms with Crippen LogP contribution < -0.4 is 42.4 Å². The number of aromatic nitrogens is 2. The summed E-state index contributed by atoms with van der Waals surface area (Å²) < 4.78 is 14.3. The summed E-state index contributed by atoms with van der Waals surface area (Å²) in [6.45, 7) is 8.82. The van der Waals surface area contributed by atoms with Crippen LogP contribution in [0.3, 0.4) is 0 Å². The van der Waals surface area contributed by atoms with Crippen molar-refractivity contribution >= 4 is 85.5 Å². The van der Waals surface area contributed by atoms with Gasteiger partial charge in [0.05, 0.1) is 11.4 Å². The summed E-state index contributed by atoms with van der Waals surface area (Å²) in [5.41, 5.74) is 18.6. The molecule has 0 aliphatic carbocycles. The first-order valence-corrected chi connectivity index (χ1v) is 21.7. The number of aryl methyl sites for hydroxylation is 4. The van der Waals surface area contributed by atoms with Crippen LogP contribution in [-0.4, -0.2) is 23.4 Å². The minimum absolute atomic E-state index is 0.0666. The molecule has 0 unspecified atom stereocenters. The van der Waals surface area contributed by atoms with Crippen LogP contribution >= 0.6 is 0 Å². The molecule has 8 bridgehead atoms. The molecule has 0 fully saturated rings. The number of anilines is 3. The second-order valence-corrected chi connectivity index (χ2v) is 17.1. The second-order valence-electron chi connectivity index (χ2n) is 17.1. The van der Waals surface area contributed by atoms with Crippen molar-refractivity contribution in [3.8, 4) is 34.0 Å². The van der Waals surface area contributed by atoms with E-state index < -0.39 is 0 Å². The lowest BCUT2D eigenvalue weighted by Crippen LogP contribution is -2.76. The van der Waals surface area contributed by atoms with Crippen molar-refractivity contribution in [1.82, 2.24) is 9.97 Å². The van der Waals surface area contributed by atoms with Crippen molar-refractivity contribution in [2.75, 3.05) is 4.90 Å². The molecule has 12 rings (SSSR count). The number of pyridine rings is 2. The molecular weight excluding hydrogens is 768 g/mol. The van der Waals surface area contributed by atoms with Gasteiger partial charge in [-0.15, -0.1) is 0 Å². The largest absolute Gasteiger partial charge is 0.458 e. The fourth-order valence-corrected chi connectivity index (χ4v) is 10.5. The molecule has 5 nitrogen and oxygen atoms in total. The summed E-state index contributed by atoms with van der Waals surface area (Å²) in [4.78, 5) is 13.0. The third-order valence-electron chi connectivity index (χ3n) is 13.2. The van der Waals surface area contributed by atoms with Crippen LogP contribution in [0.2, 0.25) is 0 Å². The lowest BCUT2D eigenvalue weighted by Gasteiger charge is -2.36. The van der Waals surface area contributed by atoms with E-state index in [1.165, 1.54) is 49.6 Å². The number of benzene rings is 7. The molecule has 3 aromatic heterocycles. The van der Waals surface area contributed by atoms with E-state index in [0.29, 0.717) is 5.75 Å². The number of hydrogen-bond donors (Lipinski definition) is 0. The van der Waals surface area contributed by atoms with Crippen molar-refractivity contribution in [3.63, 3.8) is 0 Å². The number of ether oxygens (including phenoxy) is 1. The summed E-state index contributed by atoms with van der Waals surface area (Å²) >= 11 is 0. The van der Waals surface area contributed by atoms with Gasteiger partial charge in [0.25, 0.3) is 0 Å². The highest BCUT2D eigenvalue weighted by molar-refractivity contribution is 7.12. The predicted octanol–water partition coefficient (Wildman–Crippen LogP) is 9.86. The fourth-order valence-electron chi connectivity index (χ4n) is 10.5. The first-order chi connectivity index (χ1) is 30.9. The summed E-state index contributed by atoms with van der Waals surface area (Å²) in [6, 6.07) is 62.3. The first kappa shape index (κ1) is 37.2. The van der Waals surface area contributed by atoms with Crippen LogP contribution in [0.25, 0.3) is 44.5 Å². The van der Waals surface area contributed by atoms with Gasteiger partial charge >= 0.3 is 0 Å². The number of para-hydroxylation sites is 2. The Kier molecular flexibility index (Phi) is 8.55. The summed E-state index contributed by atoms with van der Waals surface area (Å²) in [7, 11) is 0. The molecule has 5 heterocycles. The van der Waals surface area contributed by atoms with Crippen molar-refractivity contribution in [2.24, 2.45) is 0 Å². The van der Waals surface area contributed by atoms with Crippen LogP contribution in [0, 0.1) is 27.7 Å². The summed E-state index contributed by atoms with van der Waals surface area (Å²) in [5, 5.41) is 1.99. The van der Waals surface area contributed by atoms with Gasteiger partial charge in [0.15, 0.2) is 0 Å². The number of nitrogens with zero attached hydrogens (tertiary/aromatic N) is 3. The van der Waals surface area contributed by atoms with Gasteiger partial charge in [-0.3, -0.25) is 4.90 Å². The van der Waals surface area contributed by atoms with E-state index in [0.717, 1.165) is 73.0 Å². The second kappa shape index (κ2) is 14.5. The van der Waals surface area contributed by atoms with E-state index in [1.807, 2.05) is 24.3 Å². The van der Waals surface area contributed by atoms with Crippen molar-refractivity contribution in [3.05, 3.63) is 198 Å². The van der Waals surface area contributed by atoms with Gasteiger partial charge in [0.1, 0.15) is 34.3 Å². The SMILES string of the molecule is Cc1cccc(C)c1B1c2ccccc2B(c2c(C)cccc2C)c2c3cc(cc21)-c1cccc(n1)N(c1ccccc1)c1cccc(n1)-c1cc(cc2c1oc1ccccc12)O3. The van der Waals surface area contributed by atoms with Crippen molar-refractivity contribution in [2.45, 2.75) is 27.7 Å². The standard InChI is InChI=1S/C56H41B2N3O2/c1-34-16-12-17-35(2)53(34)57-44-23-9-10-24-45(44)58(54-36(3)18-13-19-37(54)4)55-46(57)30-38-31-50(55)62-40-32-42-41-22-8-11-27-49(41)63-56(42)43(33-40)48-26-15-29-52(60-48)61(39-20-6-5-7-21-39)51-28-14-25-47(38)59-51/h5-33H,1-4H3. The lowest BCUT2D eigenvalue weighted by molar-refractivity contribution is 0.487. The number of rotatable bonds is 3. The molecule has 0 amide bonds. The molecule has 0 atom stereocenters. The van der Waals surface area contributed by atoms with Gasteiger partial charge in [-0.25, -0.2) is 9.97 Å². The van der Waals surface area contributed by atoms with Gasteiger partial charge in [0, 0.05) is 27.6 Å². The minimum atomic E-state index is -0.106. The van der Waals surface area contributed by atoms with E-state index in [1.54, 1.807) is 0 Å². The Bertz CT molecular complexity index is 3430. The zero-order valence-corrected chi connectivity index (χ0v) is 35.6. The van der Waals surface area contributed by atoms with E-state index in [-0.39, 0.29) is 13.4 Å². The van der Waals surface area contributed by atoms with Crippen molar-refractivity contribution < 1.29 is 9.15 Å². The Morgan fingerprint density at radius 1 is 0.460 bits per heavy atom. The van der Waals surface area contributed by atoms with Crippen LogP contribution in [0.5, 0.6) is 11.5 Å². The Morgan fingerprint density at radius 2 is 1.05 bits per heavy atom. The Balaban J connectivity index is 1.23. The van der Waals surface area contributed by atoms with E-state index in [4.69, 9.17) is 19.1 Å². The molecule has 0 spiro atoms. The van der Waals surface area contributed by atoms with Gasteiger partial charge < -0.3 is 9.15 Å². The number of fused-ring (bicyclic) bond motifs is 17. The Labute approximate surface area is 367 Å². The van der Waals surface area contributed by atoms with Gasteiger partial charge in [-0.2, -0.15) is 0 Å². The van der Waals surface area contributed by atoms with E-state index in [9.17, 15) is 0 Å².